The van der Waals surface area contributed by atoms with Crippen molar-refractivity contribution in [3.05, 3.63) is 60.0 Å². The maximum atomic E-state index is 12.4. The van der Waals surface area contributed by atoms with Crippen LogP contribution in [-0.2, 0) is 0 Å². The zero-order valence-corrected chi connectivity index (χ0v) is 14.8. The molecule has 0 aliphatic carbocycles. The molecule has 0 unspecified atom stereocenters. The number of ether oxygens (including phenoxy) is 2. The number of carboxylic acid groups (broad SMARTS) is 1. The number of fused-ring (bicyclic) bond motifs is 2. The number of rotatable bonds is 4. The molecule has 0 fully saturated rings. The molecule has 148 valence electrons. The van der Waals surface area contributed by atoms with Crippen LogP contribution in [0.2, 0.25) is 0 Å². The number of aromatic carboxylic acids is 1. The number of aromatic nitrogens is 1. The highest BCUT2D eigenvalue weighted by atomic mass is 19.4. The van der Waals surface area contributed by atoms with Gasteiger partial charge in [0.15, 0.2) is 0 Å². The third-order valence-electron chi connectivity index (χ3n) is 4.19. The van der Waals surface area contributed by atoms with Crippen LogP contribution >= 0.6 is 0 Å². The topological polar surface area (TPSA) is 81.8 Å². The second kappa shape index (κ2) is 6.69. The fraction of sp³-hybridized carbons (Fsp3) is 0.100. The van der Waals surface area contributed by atoms with Crippen molar-refractivity contribution >= 4 is 27.8 Å². The summed E-state index contributed by atoms with van der Waals surface area (Å²) in [6.45, 7) is 1.56. The molecule has 0 saturated carbocycles. The highest BCUT2D eigenvalue weighted by Gasteiger charge is 2.31. The Morgan fingerprint density at radius 3 is 2.52 bits per heavy atom. The second-order valence-corrected chi connectivity index (χ2v) is 6.13. The Labute approximate surface area is 161 Å². The molecule has 0 saturated heterocycles. The van der Waals surface area contributed by atoms with Crippen LogP contribution in [0.1, 0.15) is 16.1 Å². The number of carboxylic acids is 1. The molecule has 2 heterocycles. The summed E-state index contributed by atoms with van der Waals surface area (Å²) < 4.78 is 52.4. The number of hydrogen-bond donors (Lipinski definition) is 1. The van der Waals surface area contributed by atoms with Gasteiger partial charge in [-0.15, -0.1) is 13.2 Å². The van der Waals surface area contributed by atoms with E-state index in [1.165, 1.54) is 18.3 Å². The Morgan fingerprint density at radius 2 is 1.79 bits per heavy atom. The molecular formula is C20H12F3NO5. The van der Waals surface area contributed by atoms with Crippen LogP contribution in [-0.4, -0.2) is 22.4 Å². The minimum Gasteiger partial charge on any atom is -0.478 e. The molecule has 1 N–H and O–H groups in total. The van der Waals surface area contributed by atoms with E-state index in [1.807, 2.05) is 0 Å². The first-order valence-corrected chi connectivity index (χ1v) is 8.30. The van der Waals surface area contributed by atoms with Gasteiger partial charge in [0.05, 0.1) is 5.52 Å². The van der Waals surface area contributed by atoms with Gasteiger partial charge in [-0.1, -0.05) is 0 Å². The second-order valence-electron chi connectivity index (χ2n) is 6.13. The molecule has 6 nitrogen and oxygen atoms in total. The molecule has 0 aliphatic rings. The maximum absolute atomic E-state index is 12.4. The largest absolute Gasteiger partial charge is 0.573 e. The van der Waals surface area contributed by atoms with Crippen molar-refractivity contribution in [2.75, 3.05) is 0 Å². The number of nitrogens with zero attached hydrogens (tertiary/aromatic N) is 1. The molecule has 0 spiro atoms. The van der Waals surface area contributed by atoms with Crippen LogP contribution in [0.15, 0.2) is 53.1 Å². The number of alkyl halides is 3. The first-order valence-electron chi connectivity index (χ1n) is 8.30. The number of halogens is 3. The van der Waals surface area contributed by atoms with E-state index in [-0.39, 0.29) is 22.6 Å². The van der Waals surface area contributed by atoms with Crippen LogP contribution in [0.3, 0.4) is 0 Å². The van der Waals surface area contributed by atoms with Crippen molar-refractivity contribution in [2.45, 2.75) is 13.3 Å². The van der Waals surface area contributed by atoms with Crippen molar-refractivity contribution in [3.63, 3.8) is 0 Å². The van der Waals surface area contributed by atoms with Gasteiger partial charge in [0.1, 0.15) is 34.2 Å². The first kappa shape index (κ1) is 18.6. The van der Waals surface area contributed by atoms with Crippen molar-refractivity contribution in [2.24, 2.45) is 0 Å². The third kappa shape index (κ3) is 3.66. The lowest BCUT2D eigenvalue weighted by atomic mass is 10.1. The molecule has 0 atom stereocenters. The Kier molecular flexibility index (Phi) is 4.30. The van der Waals surface area contributed by atoms with Gasteiger partial charge in [-0.05, 0) is 37.3 Å². The average molecular weight is 403 g/mol. The van der Waals surface area contributed by atoms with Gasteiger partial charge >= 0.3 is 12.3 Å². The van der Waals surface area contributed by atoms with E-state index in [4.69, 9.17) is 9.15 Å². The van der Waals surface area contributed by atoms with Crippen LogP contribution in [0, 0.1) is 6.92 Å². The Bertz CT molecular complexity index is 1250. The molecule has 9 heteroatoms. The highest BCUT2D eigenvalue weighted by Crippen LogP contribution is 2.35. The van der Waals surface area contributed by atoms with Crippen LogP contribution in [0.25, 0.3) is 21.9 Å². The Hall–Kier alpha value is -3.75. The zero-order chi connectivity index (χ0) is 20.8. The monoisotopic (exact) mass is 403 g/mol. The number of pyridine rings is 1. The summed E-state index contributed by atoms with van der Waals surface area (Å²) in [5, 5.41) is 10.2. The number of carbonyl (C=O) groups is 1. The van der Waals surface area contributed by atoms with E-state index >= 15 is 0 Å². The Morgan fingerprint density at radius 1 is 1.07 bits per heavy atom. The van der Waals surface area contributed by atoms with Gasteiger partial charge < -0.3 is 19.0 Å². The van der Waals surface area contributed by atoms with Gasteiger partial charge in [0.2, 0.25) is 0 Å². The molecule has 0 bridgehead atoms. The maximum Gasteiger partial charge on any atom is 0.573 e. The summed E-state index contributed by atoms with van der Waals surface area (Å²) in [7, 11) is 0. The summed E-state index contributed by atoms with van der Waals surface area (Å²) in [5.74, 6) is -0.479. The summed E-state index contributed by atoms with van der Waals surface area (Å²) >= 11 is 0. The number of hydrogen-bond acceptors (Lipinski definition) is 5. The molecule has 0 amide bonds. The van der Waals surface area contributed by atoms with Crippen molar-refractivity contribution in [1.29, 1.82) is 0 Å². The molecular weight excluding hydrogens is 391 g/mol. The normalized spacial score (nSPS) is 11.7. The van der Waals surface area contributed by atoms with E-state index in [9.17, 15) is 23.1 Å². The fourth-order valence-electron chi connectivity index (χ4n) is 3.04. The molecule has 2 aromatic carbocycles. The van der Waals surface area contributed by atoms with E-state index in [2.05, 4.69) is 9.72 Å². The molecule has 0 aliphatic heterocycles. The number of furan rings is 1. The van der Waals surface area contributed by atoms with Crippen molar-refractivity contribution in [3.8, 4) is 17.2 Å². The van der Waals surface area contributed by atoms with Gasteiger partial charge in [0.25, 0.3) is 0 Å². The third-order valence-corrected chi connectivity index (χ3v) is 4.19. The summed E-state index contributed by atoms with van der Waals surface area (Å²) in [5.41, 5.74) is 0.682. The lowest BCUT2D eigenvalue weighted by Gasteiger charge is -2.11. The lowest BCUT2D eigenvalue weighted by molar-refractivity contribution is -0.274. The van der Waals surface area contributed by atoms with E-state index in [0.29, 0.717) is 27.9 Å². The van der Waals surface area contributed by atoms with Crippen molar-refractivity contribution in [1.82, 2.24) is 4.98 Å². The van der Waals surface area contributed by atoms with Gasteiger partial charge in [0, 0.05) is 29.1 Å². The van der Waals surface area contributed by atoms with E-state index in [0.717, 1.165) is 6.07 Å². The molecule has 4 rings (SSSR count). The SMILES string of the molecule is Cc1oc2cc(Oc3ccnc4cc(OC(F)(F)F)ccc34)ccc2c1C(=O)O. The summed E-state index contributed by atoms with van der Waals surface area (Å²) in [6.07, 6.45) is -3.40. The standard InChI is InChI=1S/C20H12F3NO5/c1-10-18(19(25)26)14-5-2-11(9-17(14)27-10)28-16-6-7-24-15-8-12(3-4-13(15)16)29-20(21,22)23/h2-9H,1H3,(H,25,26). The summed E-state index contributed by atoms with van der Waals surface area (Å²) in [4.78, 5) is 15.4. The molecule has 2 aromatic heterocycles. The van der Waals surface area contributed by atoms with Crippen molar-refractivity contribution < 1.29 is 37.0 Å². The predicted molar refractivity (Wildman–Crippen MR) is 96.4 cm³/mol. The minimum atomic E-state index is -4.80. The molecule has 29 heavy (non-hydrogen) atoms. The zero-order valence-electron chi connectivity index (χ0n) is 14.8. The molecule has 0 radical (unpaired) electrons. The van der Waals surface area contributed by atoms with Gasteiger partial charge in [-0.3, -0.25) is 4.98 Å². The molecule has 4 aromatic rings. The van der Waals surface area contributed by atoms with Crippen LogP contribution in [0.5, 0.6) is 17.2 Å². The van der Waals surface area contributed by atoms with Gasteiger partial charge in [-0.2, -0.15) is 0 Å². The van der Waals surface area contributed by atoms with E-state index < -0.39 is 12.3 Å². The lowest BCUT2D eigenvalue weighted by Crippen LogP contribution is -2.17. The van der Waals surface area contributed by atoms with E-state index in [1.54, 1.807) is 31.2 Å². The number of aryl methyl sites for hydroxylation is 1. The van der Waals surface area contributed by atoms with Gasteiger partial charge in [-0.25, -0.2) is 4.79 Å². The van der Waals surface area contributed by atoms with Crippen LogP contribution in [0.4, 0.5) is 13.2 Å². The minimum absolute atomic E-state index is 0.0816. The first-order chi connectivity index (χ1) is 13.7. The fourth-order valence-corrected chi connectivity index (χ4v) is 3.04. The number of benzene rings is 2. The summed E-state index contributed by atoms with van der Waals surface area (Å²) in [6, 6.07) is 10.0. The smallest absolute Gasteiger partial charge is 0.478 e. The van der Waals surface area contributed by atoms with Crippen LogP contribution < -0.4 is 9.47 Å². The average Bonchev–Trinajstić information content (AvgIpc) is 2.95. The highest BCUT2D eigenvalue weighted by molar-refractivity contribution is 6.03. The quantitative estimate of drug-likeness (QED) is 0.472. The predicted octanol–water partition coefficient (Wildman–Crippen LogP) is 5.68. The Balaban J connectivity index is 1.69.